The van der Waals surface area contributed by atoms with E-state index in [0.29, 0.717) is 12.2 Å². The Labute approximate surface area is 211 Å². The first kappa shape index (κ1) is 26.5. The van der Waals surface area contributed by atoms with E-state index < -0.39 is 28.5 Å². The molecule has 35 heavy (non-hydrogen) atoms. The van der Waals surface area contributed by atoms with Crippen LogP contribution in [-0.2, 0) is 19.6 Å². The van der Waals surface area contributed by atoms with Crippen LogP contribution in [0.4, 0.5) is 5.69 Å². The number of rotatable bonds is 11. The van der Waals surface area contributed by atoms with Crippen LogP contribution in [0.25, 0.3) is 0 Å². The molecule has 0 unspecified atom stereocenters. The number of amides is 1. The second-order valence-electron chi connectivity index (χ2n) is 8.09. The van der Waals surface area contributed by atoms with Gasteiger partial charge in [-0.1, -0.05) is 47.5 Å². The average Bonchev–Trinajstić information content (AvgIpc) is 2.87. The number of anilines is 1. The summed E-state index contributed by atoms with van der Waals surface area (Å²) < 4.78 is 32.9. The number of benzene rings is 2. The monoisotopic (exact) mass is 516 g/mol. The zero-order chi connectivity index (χ0) is 25.3. The number of carbonyl (C=O) groups is 2. The van der Waals surface area contributed by atoms with Gasteiger partial charge in [0.25, 0.3) is 15.9 Å². The Morgan fingerprint density at radius 1 is 1.14 bits per heavy atom. The van der Waals surface area contributed by atoms with Crippen LogP contribution < -0.4 is 9.62 Å². The molecule has 0 aliphatic heterocycles. The smallest absolute Gasteiger partial charge is 0.338 e. The van der Waals surface area contributed by atoms with Gasteiger partial charge in [-0.15, -0.1) is 6.58 Å². The Balaban J connectivity index is 1.64. The molecule has 0 bridgehead atoms. The van der Waals surface area contributed by atoms with Crippen molar-refractivity contribution in [2.75, 3.05) is 24.0 Å². The minimum atomic E-state index is -4.06. The Morgan fingerprint density at radius 2 is 1.94 bits per heavy atom. The molecule has 7 nitrogen and oxygen atoms in total. The van der Waals surface area contributed by atoms with Crippen molar-refractivity contribution in [1.82, 2.24) is 5.32 Å². The van der Waals surface area contributed by atoms with Gasteiger partial charge in [-0.3, -0.25) is 9.10 Å². The second-order valence-corrected chi connectivity index (χ2v) is 10.4. The number of nitrogens with zero attached hydrogens (tertiary/aromatic N) is 1. The summed E-state index contributed by atoms with van der Waals surface area (Å²) >= 11 is 6.23. The summed E-state index contributed by atoms with van der Waals surface area (Å²) in [5, 5.41) is 3.01. The minimum absolute atomic E-state index is 0.0161. The molecule has 0 saturated heterocycles. The summed E-state index contributed by atoms with van der Waals surface area (Å²) in [7, 11) is -4.06. The maximum absolute atomic E-state index is 13.4. The van der Waals surface area contributed by atoms with E-state index in [4.69, 9.17) is 16.3 Å². The van der Waals surface area contributed by atoms with E-state index in [0.717, 1.165) is 23.6 Å². The van der Waals surface area contributed by atoms with Crippen LogP contribution in [0.1, 0.15) is 42.5 Å². The summed E-state index contributed by atoms with van der Waals surface area (Å²) in [5.41, 5.74) is 1.65. The quantitative estimate of drug-likeness (QED) is 0.339. The van der Waals surface area contributed by atoms with Crippen molar-refractivity contribution in [3.05, 3.63) is 83.4 Å². The Bertz CT molecular complexity index is 1210. The van der Waals surface area contributed by atoms with Crippen LogP contribution in [0, 0.1) is 0 Å². The highest BCUT2D eigenvalue weighted by Crippen LogP contribution is 2.30. The van der Waals surface area contributed by atoms with Crippen molar-refractivity contribution in [3.8, 4) is 0 Å². The van der Waals surface area contributed by atoms with Crippen molar-refractivity contribution < 1.29 is 22.7 Å². The normalized spacial score (nSPS) is 13.5. The van der Waals surface area contributed by atoms with E-state index in [1.807, 2.05) is 0 Å². The summed E-state index contributed by atoms with van der Waals surface area (Å²) in [6.07, 6.45) is 8.98. The van der Waals surface area contributed by atoms with Crippen LogP contribution in [0.3, 0.4) is 0 Å². The molecule has 0 fully saturated rings. The average molecular weight is 517 g/mol. The van der Waals surface area contributed by atoms with E-state index in [2.05, 4.69) is 18.0 Å². The van der Waals surface area contributed by atoms with Crippen LogP contribution >= 0.6 is 11.6 Å². The van der Waals surface area contributed by atoms with E-state index in [1.165, 1.54) is 48.8 Å². The van der Waals surface area contributed by atoms with Gasteiger partial charge in [0.2, 0.25) is 0 Å². The molecule has 0 aromatic heterocycles. The Kier molecular flexibility index (Phi) is 9.51. The number of ether oxygens (including phenoxy) is 1. The molecule has 9 heteroatoms. The summed E-state index contributed by atoms with van der Waals surface area (Å²) in [4.78, 5) is 24.5. The predicted molar refractivity (Wildman–Crippen MR) is 137 cm³/mol. The van der Waals surface area contributed by atoms with Crippen LogP contribution in [0.15, 0.2) is 77.7 Å². The van der Waals surface area contributed by atoms with Gasteiger partial charge in [0.15, 0.2) is 6.61 Å². The number of halogens is 1. The standard InChI is InChI=1S/C26H29ClN2O5S/c1-2-17-29(24-14-7-6-13-23(24)27)35(32,33)22-12-8-11-21(18-22)26(31)34-19-25(30)28-16-15-20-9-4-3-5-10-20/h2,6-9,11-14,18H,1,3-5,10,15-17,19H2,(H,28,30). The number of hydrogen-bond acceptors (Lipinski definition) is 5. The molecular weight excluding hydrogens is 488 g/mol. The molecule has 0 atom stereocenters. The number of allylic oxidation sites excluding steroid dienone is 1. The third kappa shape index (κ3) is 7.19. The Hall–Kier alpha value is -3.10. The summed E-state index contributed by atoms with van der Waals surface area (Å²) in [5.74, 6) is -1.20. The van der Waals surface area contributed by atoms with Crippen LogP contribution in [0.5, 0.6) is 0 Å². The summed E-state index contributed by atoms with van der Waals surface area (Å²) in [6, 6.07) is 12.0. The van der Waals surface area contributed by atoms with Crippen molar-refractivity contribution in [3.63, 3.8) is 0 Å². The van der Waals surface area contributed by atoms with Crippen molar-refractivity contribution in [2.24, 2.45) is 0 Å². The molecule has 0 saturated carbocycles. The largest absolute Gasteiger partial charge is 0.452 e. The molecule has 186 valence electrons. The molecule has 0 spiro atoms. The molecule has 3 rings (SSSR count). The third-order valence-electron chi connectivity index (χ3n) is 5.56. The number of para-hydroxylation sites is 1. The maximum Gasteiger partial charge on any atom is 0.338 e. The van der Waals surface area contributed by atoms with Crippen LogP contribution in [-0.4, -0.2) is 40.0 Å². The molecular formula is C26H29ClN2O5S. The number of carbonyl (C=O) groups excluding carboxylic acids is 2. The van der Waals surface area contributed by atoms with E-state index in [-0.39, 0.29) is 22.0 Å². The molecule has 1 aliphatic rings. The first-order valence-electron chi connectivity index (χ1n) is 11.4. The van der Waals surface area contributed by atoms with E-state index in [1.54, 1.807) is 24.3 Å². The van der Waals surface area contributed by atoms with Gasteiger partial charge in [-0.05, 0) is 62.4 Å². The highest BCUT2D eigenvalue weighted by molar-refractivity contribution is 7.92. The van der Waals surface area contributed by atoms with Gasteiger partial charge >= 0.3 is 5.97 Å². The Morgan fingerprint density at radius 3 is 2.66 bits per heavy atom. The van der Waals surface area contributed by atoms with Gasteiger partial charge in [-0.25, -0.2) is 13.2 Å². The molecule has 0 radical (unpaired) electrons. The third-order valence-corrected chi connectivity index (χ3v) is 7.66. The van der Waals surface area contributed by atoms with Gasteiger partial charge in [-0.2, -0.15) is 0 Å². The zero-order valence-corrected chi connectivity index (χ0v) is 21.0. The lowest BCUT2D eigenvalue weighted by atomic mass is 9.97. The molecule has 1 amide bonds. The molecule has 0 heterocycles. The number of nitrogens with one attached hydrogen (secondary N) is 1. The highest BCUT2D eigenvalue weighted by atomic mass is 35.5. The van der Waals surface area contributed by atoms with E-state index >= 15 is 0 Å². The fraction of sp³-hybridized carbons (Fsp3) is 0.308. The number of sulfonamides is 1. The lowest BCUT2D eigenvalue weighted by Gasteiger charge is -2.24. The van der Waals surface area contributed by atoms with Gasteiger partial charge in [0, 0.05) is 6.54 Å². The fourth-order valence-corrected chi connectivity index (χ4v) is 5.56. The van der Waals surface area contributed by atoms with Crippen molar-refractivity contribution in [1.29, 1.82) is 0 Å². The number of esters is 1. The topological polar surface area (TPSA) is 92.8 Å². The van der Waals surface area contributed by atoms with Crippen LogP contribution in [0.2, 0.25) is 5.02 Å². The summed E-state index contributed by atoms with van der Waals surface area (Å²) in [6.45, 7) is 3.65. The maximum atomic E-state index is 13.4. The van der Waals surface area contributed by atoms with Gasteiger partial charge in [0.05, 0.1) is 27.7 Å². The van der Waals surface area contributed by atoms with Gasteiger partial charge < -0.3 is 10.1 Å². The zero-order valence-electron chi connectivity index (χ0n) is 19.4. The van der Waals surface area contributed by atoms with Crippen molar-refractivity contribution >= 4 is 39.2 Å². The first-order chi connectivity index (χ1) is 16.8. The SMILES string of the molecule is C=CCN(c1ccccc1Cl)S(=O)(=O)c1cccc(C(=O)OCC(=O)NCCC2=CCCCC2)c1. The molecule has 1 N–H and O–H groups in total. The number of hydrogen-bond donors (Lipinski definition) is 1. The molecule has 2 aromatic rings. The van der Waals surface area contributed by atoms with E-state index in [9.17, 15) is 18.0 Å². The lowest BCUT2D eigenvalue weighted by molar-refractivity contribution is -0.124. The minimum Gasteiger partial charge on any atom is -0.452 e. The molecule has 2 aromatic carbocycles. The molecule has 1 aliphatic carbocycles. The van der Waals surface area contributed by atoms with Gasteiger partial charge in [0.1, 0.15) is 0 Å². The van der Waals surface area contributed by atoms with Crippen molar-refractivity contribution in [2.45, 2.75) is 37.0 Å². The second kappa shape index (κ2) is 12.6. The predicted octanol–water partition coefficient (Wildman–Crippen LogP) is 4.88. The lowest BCUT2D eigenvalue weighted by Crippen LogP contribution is -2.31. The highest BCUT2D eigenvalue weighted by Gasteiger charge is 2.26. The fourth-order valence-electron chi connectivity index (χ4n) is 3.77. The first-order valence-corrected chi connectivity index (χ1v) is 13.2.